The van der Waals surface area contributed by atoms with E-state index >= 15 is 0 Å². The molecule has 0 atom stereocenters. The molecular formula is C44H57IrN2O2S-. The van der Waals surface area contributed by atoms with Crippen molar-refractivity contribution in [3.63, 3.8) is 0 Å². The Morgan fingerprint density at radius 2 is 1.44 bits per heavy atom. The van der Waals surface area contributed by atoms with E-state index in [-0.39, 0.29) is 53.3 Å². The molecule has 3 aromatic carbocycles. The number of pyridine rings is 1. The van der Waals surface area contributed by atoms with Gasteiger partial charge in [-0.2, -0.15) is 0 Å². The molecule has 1 radical (unpaired) electrons. The Hall–Kier alpha value is -2.92. The maximum atomic E-state index is 12.2. The van der Waals surface area contributed by atoms with Gasteiger partial charge in [-0.05, 0) is 59.4 Å². The van der Waals surface area contributed by atoms with Gasteiger partial charge in [-0.25, -0.2) is 4.98 Å². The van der Waals surface area contributed by atoms with Crippen molar-refractivity contribution in [3.05, 3.63) is 83.2 Å². The van der Waals surface area contributed by atoms with E-state index < -0.39 is 0 Å². The van der Waals surface area contributed by atoms with Crippen LogP contribution in [0.3, 0.4) is 0 Å². The first kappa shape index (κ1) is 41.5. The molecule has 6 heteroatoms. The zero-order valence-electron chi connectivity index (χ0n) is 32.3. The molecule has 0 spiro atoms. The fourth-order valence-electron chi connectivity index (χ4n) is 6.09. The predicted molar refractivity (Wildman–Crippen MR) is 212 cm³/mol. The summed E-state index contributed by atoms with van der Waals surface area (Å²) in [5, 5.41) is 16.1. The molecule has 0 saturated heterocycles. The number of aliphatic hydroxyl groups excluding tert-OH is 1. The maximum absolute atomic E-state index is 12.2. The Balaban J connectivity index is 0.000000323. The van der Waals surface area contributed by atoms with Gasteiger partial charge in [-0.1, -0.05) is 118 Å². The Kier molecular flexibility index (Phi) is 13.4. The predicted octanol–water partition coefficient (Wildman–Crippen LogP) is 13.0. The molecule has 0 saturated carbocycles. The summed E-state index contributed by atoms with van der Waals surface area (Å²) >= 11 is 1.82. The standard InChI is InChI=1S/C29H29N2S.C15H28O2.Ir/c1-28(2,3)17-25-31-24-12-11-21-22(27(24)32-25)13-14-30-26(21)19-15-18-9-7-8-10-20(18)23(16-19)29(4,5)6;1-7-14(5,8-2)12(16)11-13(17)15(6,9-3)10-4;/h7-14,16H,17H2,1-6H3;11,16H,7-10H2,1-6H3;/q-1;;/b;12-11-;. The molecule has 4 nitrogen and oxygen atoms in total. The van der Waals surface area contributed by atoms with Gasteiger partial charge in [0.2, 0.25) is 0 Å². The minimum atomic E-state index is -0.337. The summed E-state index contributed by atoms with van der Waals surface area (Å²) in [5.41, 5.74) is 4.10. The SMILES string of the molecule is CC(C)(C)Cc1nc2ccc3c(-c4[c-]c5ccccc5c(C(C)(C)C)c4)nccc3c2s1.CCC(C)(CC)C(=O)/C=C(\O)C(C)(CC)CC.[Ir]. The van der Waals surface area contributed by atoms with E-state index in [0.29, 0.717) is 0 Å². The molecule has 0 fully saturated rings. The Morgan fingerprint density at radius 3 is 2.02 bits per heavy atom. The number of carbonyl (C=O) groups is 1. The minimum absolute atomic E-state index is 0. The topological polar surface area (TPSA) is 63.1 Å². The first-order chi connectivity index (χ1) is 22.9. The summed E-state index contributed by atoms with van der Waals surface area (Å²) in [6.45, 7) is 25.7. The summed E-state index contributed by atoms with van der Waals surface area (Å²) in [7, 11) is 0. The monoisotopic (exact) mass is 870 g/mol. The van der Waals surface area contributed by atoms with Crippen LogP contribution in [0.1, 0.15) is 119 Å². The van der Waals surface area contributed by atoms with Gasteiger partial charge in [0.15, 0.2) is 5.78 Å². The van der Waals surface area contributed by atoms with Gasteiger partial charge in [0.25, 0.3) is 0 Å². The summed E-state index contributed by atoms with van der Waals surface area (Å²) in [5.74, 6) is 0.286. The van der Waals surface area contributed by atoms with E-state index in [0.717, 1.165) is 59.7 Å². The van der Waals surface area contributed by atoms with Crippen LogP contribution in [-0.4, -0.2) is 20.9 Å². The van der Waals surface area contributed by atoms with E-state index in [2.05, 4.69) is 96.1 Å². The van der Waals surface area contributed by atoms with Gasteiger partial charge >= 0.3 is 0 Å². The maximum Gasteiger partial charge on any atom is 0.164 e. The van der Waals surface area contributed by atoms with Crippen LogP contribution in [0.4, 0.5) is 0 Å². The van der Waals surface area contributed by atoms with E-state index in [1.807, 2.05) is 59.1 Å². The number of hydrogen-bond donors (Lipinski definition) is 1. The van der Waals surface area contributed by atoms with Crippen molar-refractivity contribution >= 4 is 48.9 Å². The summed E-state index contributed by atoms with van der Waals surface area (Å²) in [4.78, 5) is 21.9. The number of nitrogens with zero attached hydrogens (tertiary/aromatic N) is 2. The molecule has 0 unspecified atom stereocenters. The molecule has 2 heterocycles. The van der Waals surface area contributed by atoms with Crippen molar-refractivity contribution in [2.45, 2.75) is 121 Å². The van der Waals surface area contributed by atoms with Crippen LogP contribution in [0.25, 0.3) is 43.0 Å². The normalized spacial score (nSPS) is 12.9. The minimum Gasteiger partial charge on any atom is -0.512 e. The van der Waals surface area contributed by atoms with Crippen molar-refractivity contribution in [3.8, 4) is 11.3 Å². The first-order valence-corrected chi connectivity index (χ1v) is 18.8. The molecule has 271 valence electrons. The van der Waals surface area contributed by atoms with E-state index in [4.69, 9.17) is 9.97 Å². The van der Waals surface area contributed by atoms with Crippen molar-refractivity contribution in [2.24, 2.45) is 16.2 Å². The second kappa shape index (κ2) is 16.2. The molecule has 0 aliphatic heterocycles. The summed E-state index contributed by atoms with van der Waals surface area (Å²) < 4.78 is 1.25. The number of rotatable bonds is 9. The van der Waals surface area contributed by atoms with Crippen LogP contribution in [-0.2, 0) is 36.7 Å². The van der Waals surface area contributed by atoms with Crippen molar-refractivity contribution in [1.29, 1.82) is 0 Å². The number of aliphatic hydroxyl groups is 1. The van der Waals surface area contributed by atoms with Crippen LogP contribution in [0.2, 0.25) is 0 Å². The van der Waals surface area contributed by atoms with Gasteiger partial charge in [0.05, 0.1) is 15.2 Å². The zero-order valence-corrected chi connectivity index (χ0v) is 35.5. The fraction of sp³-hybridized carbons (Fsp3) is 0.477. The molecule has 1 N–H and O–H groups in total. The van der Waals surface area contributed by atoms with E-state index in [9.17, 15) is 9.90 Å². The van der Waals surface area contributed by atoms with Gasteiger partial charge in [0.1, 0.15) is 5.76 Å². The number of benzene rings is 3. The number of allylic oxidation sites excluding steroid dienone is 2. The molecule has 0 amide bonds. The van der Waals surface area contributed by atoms with Gasteiger partial charge in [0, 0.05) is 55.3 Å². The van der Waals surface area contributed by atoms with Crippen LogP contribution in [0.5, 0.6) is 0 Å². The molecule has 0 aliphatic carbocycles. The Labute approximate surface area is 318 Å². The Morgan fingerprint density at radius 1 is 0.820 bits per heavy atom. The third-order valence-corrected chi connectivity index (χ3v) is 11.6. The summed E-state index contributed by atoms with van der Waals surface area (Å²) in [6, 6.07) is 20.9. The van der Waals surface area contributed by atoms with Gasteiger partial charge in [-0.15, -0.1) is 40.5 Å². The largest absolute Gasteiger partial charge is 0.512 e. The van der Waals surface area contributed by atoms with Crippen LogP contribution in [0, 0.1) is 22.3 Å². The summed E-state index contributed by atoms with van der Waals surface area (Å²) in [6.07, 6.45) is 7.67. The van der Waals surface area contributed by atoms with Crippen LogP contribution in [0.15, 0.2) is 66.6 Å². The molecule has 0 bridgehead atoms. The molecular weight excluding hydrogens is 813 g/mol. The first-order valence-electron chi connectivity index (χ1n) is 18.0. The fourth-order valence-corrected chi connectivity index (χ4v) is 7.48. The molecule has 2 aromatic heterocycles. The number of carbonyl (C=O) groups excluding carboxylic acids is 1. The number of thiazole rings is 1. The van der Waals surface area contributed by atoms with Crippen molar-refractivity contribution in [1.82, 2.24) is 9.97 Å². The average Bonchev–Trinajstić information content (AvgIpc) is 3.48. The second-order valence-corrected chi connectivity index (χ2v) is 17.4. The number of hydrogen-bond acceptors (Lipinski definition) is 5. The third kappa shape index (κ3) is 9.11. The van der Waals surface area contributed by atoms with E-state index in [1.165, 1.54) is 32.1 Å². The second-order valence-electron chi connectivity index (χ2n) is 16.3. The van der Waals surface area contributed by atoms with Crippen molar-refractivity contribution in [2.75, 3.05) is 0 Å². The Bertz CT molecular complexity index is 1970. The quantitative estimate of drug-likeness (QED) is 0.0911. The molecule has 5 aromatic rings. The zero-order chi connectivity index (χ0) is 36.4. The number of ketones is 1. The van der Waals surface area contributed by atoms with Crippen molar-refractivity contribution < 1.29 is 30.0 Å². The van der Waals surface area contributed by atoms with Crippen LogP contribution >= 0.6 is 11.3 Å². The van der Waals surface area contributed by atoms with Gasteiger partial charge in [-0.3, -0.25) is 9.78 Å². The van der Waals surface area contributed by atoms with E-state index in [1.54, 1.807) is 0 Å². The molecule has 50 heavy (non-hydrogen) atoms. The third-order valence-electron chi connectivity index (χ3n) is 10.5. The molecule has 0 aliphatic rings. The average molecular weight is 870 g/mol. The smallest absolute Gasteiger partial charge is 0.164 e. The van der Waals surface area contributed by atoms with Crippen LogP contribution < -0.4 is 0 Å². The number of fused-ring (bicyclic) bond motifs is 4. The van der Waals surface area contributed by atoms with Gasteiger partial charge < -0.3 is 5.11 Å². The number of aromatic nitrogens is 2. The molecule has 5 rings (SSSR count).